The fraction of sp³-hybridized carbons (Fsp3) is 0.966. The smallest absolute Gasteiger partial charge is 0.308 e. The van der Waals surface area contributed by atoms with Crippen molar-refractivity contribution in [1.29, 1.82) is 0 Å². The van der Waals surface area contributed by atoms with Crippen molar-refractivity contribution in [2.75, 3.05) is 119 Å². The molecule has 1 aliphatic rings. The van der Waals surface area contributed by atoms with Gasteiger partial charge < -0.3 is 47.9 Å². The Morgan fingerprint density at radius 3 is 1.43 bits per heavy atom. The molecule has 0 amide bonds. The van der Waals surface area contributed by atoms with Gasteiger partial charge >= 0.3 is 5.97 Å². The lowest BCUT2D eigenvalue weighted by Gasteiger charge is -2.22. The van der Waals surface area contributed by atoms with Gasteiger partial charge in [0.05, 0.1) is 111 Å². The van der Waals surface area contributed by atoms with E-state index in [0.29, 0.717) is 105 Å². The van der Waals surface area contributed by atoms with Crippen molar-refractivity contribution in [2.45, 2.75) is 58.5 Å². The Morgan fingerprint density at radius 2 is 1.02 bits per heavy atom. The number of carbonyl (C=O) groups is 1. The number of esters is 1. The van der Waals surface area contributed by atoms with E-state index in [4.69, 9.17) is 42.6 Å². The summed E-state index contributed by atoms with van der Waals surface area (Å²) in [7, 11) is 0. The highest BCUT2D eigenvalue weighted by Gasteiger charge is 2.17. The number of unbranched alkanes of at least 4 members (excludes halogenated alkanes) is 1. The third kappa shape index (κ3) is 23.8. The first-order valence-electron chi connectivity index (χ1n) is 15.3. The van der Waals surface area contributed by atoms with Crippen LogP contribution in [0.5, 0.6) is 0 Å². The molecule has 0 spiro atoms. The molecule has 11 nitrogen and oxygen atoms in total. The first-order valence-corrected chi connectivity index (χ1v) is 15.3. The highest BCUT2D eigenvalue weighted by molar-refractivity contribution is 5.72. The summed E-state index contributed by atoms with van der Waals surface area (Å²) in [6, 6.07) is 0. The summed E-state index contributed by atoms with van der Waals surface area (Å²) >= 11 is 0. The summed E-state index contributed by atoms with van der Waals surface area (Å²) in [5.74, 6) is -0.111. The molecular formula is C29H57NO10. The van der Waals surface area contributed by atoms with E-state index in [1.54, 1.807) is 0 Å². The van der Waals surface area contributed by atoms with Crippen LogP contribution in [0.2, 0.25) is 0 Å². The average Bonchev–Trinajstić information content (AvgIpc) is 2.98. The molecule has 0 aromatic carbocycles. The standard InChI is InChI=1S/C29H57NO10/c1-3-5-6-27(4-2)29(31)40-26-24-38-22-20-36-18-16-34-14-12-32-11-13-33-15-17-35-19-21-37-23-25-39-28-7-9-30-10-8-28/h27-28,30H,3-26H2,1-2H3. The molecular weight excluding hydrogens is 522 g/mol. The van der Waals surface area contributed by atoms with Crippen molar-refractivity contribution in [1.82, 2.24) is 5.32 Å². The van der Waals surface area contributed by atoms with Gasteiger partial charge in [-0.2, -0.15) is 0 Å². The van der Waals surface area contributed by atoms with Crippen LogP contribution in [-0.4, -0.2) is 131 Å². The van der Waals surface area contributed by atoms with Gasteiger partial charge in [0, 0.05) is 0 Å². The third-order valence-corrected chi connectivity index (χ3v) is 6.30. The van der Waals surface area contributed by atoms with Crippen LogP contribution in [0.4, 0.5) is 0 Å². The number of hydrogen-bond donors (Lipinski definition) is 1. The zero-order valence-electron chi connectivity index (χ0n) is 25.2. The number of rotatable bonds is 30. The minimum Gasteiger partial charge on any atom is -0.463 e. The van der Waals surface area contributed by atoms with Gasteiger partial charge in [0.2, 0.25) is 0 Å². The maximum atomic E-state index is 12.0. The molecule has 0 aromatic heterocycles. The second-order valence-electron chi connectivity index (χ2n) is 9.52. The van der Waals surface area contributed by atoms with E-state index in [2.05, 4.69) is 12.2 Å². The van der Waals surface area contributed by atoms with Crippen LogP contribution in [-0.2, 0) is 47.4 Å². The number of piperidine rings is 1. The van der Waals surface area contributed by atoms with Crippen LogP contribution in [0.15, 0.2) is 0 Å². The molecule has 1 atom stereocenters. The molecule has 0 aliphatic carbocycles. The molecule has 1 heterocycles. The number of carbonyl (C=O) groups excluding carboxylic acids is 1. The van der Waals surface area contributed by atoms with E-state index < -0.39 is 0 Å². The second kappa shape index (κ2) is 29.6. The SMILES string of the molecule is CCCCC(CC)C(=O)OCCOCCOCCOCCOCCOCCOCCOCCOC1CCNCC1. The largest absolute Gasteiger partial charge is 0.463 e. The normalized spacial score (nSPS) is 14.9. The molecule has 0 aromatic rings. The summed E-state index contributed by atoms with van der Waals surface area (Å²) in [5.41, 5.74) is 0. The van der Waals surface area contributed by atoms with Gasteiger partial charge in [-0.3, -0.25) is 4.79 Å². The van der Waals surface area contributed by atoms with Gasteiger partial charge in [-0.15, -0.1) is 0 Å². The van der Waals surface area contributed by atoms with Crippen LogP contribution >= 0.6 is 0 Å². The average molecular weight is 580 g/mol. The minimum absolute atomic E-state index is 0.00345. The molecule has 40 heavy (non-hydrogen) atoms. The fourth-order valence-corrected chi connectivity index (χ4v) is 3.92. The summed E-state index contributed by atoms with van der Waals surface area (Å²) in [6.07, 6.45) is 6.39. The Morgan fingerprint density at radius 1 is 0.625 bits per heavy atom. The van der Waals surface area contributed by atoms with E-state index >= 15 is 0 Å². The van der Waals surface area contributed by atoms with Gasteiger partial charge in [0.25, 0.3) is 0 Å². The Balaban J connectivity index is 1.68. The van der Waals surface area contributed by atoms with Crippen molar-refractivity contribution >= 4 is 5.97 Å². The quantitative estimate of drug-likeness (QED) is 0.100. The summed E-state index contributed by atoms with van der Waals surface area (Å²) in [5, 5.41) is 3.33. The molecule has 11 heteroatoms. The topological polar surface area (TPSA) is 112 Å². The molecule has 1 saturated heterocycles. The minimum atomic E-state index is -0.114. The monoisotopic (exact) mass is 579 g/mol. The Hall–Kier alpha value is -0.890. The first-order chi connectivity index (χ1) is 19.8. The second-order valence-corrected chi connectivity index (χ2v) is 9.52. The van der Waals surface area contributed by atoms with E-state index in [9.17, 15) is 4.79 Å². The predicted octanol–water partition coefficient (Wildman–Crippen LogP) is 2.63. The van der Waals surface area contributed by atoms with Gasteiger partial charge in [-0.25, -0.2) is 0 Å². The summed E-state index contributed by atoms with van der Waals surface area (Å²) in [6.45, 7) is 14.3. The molecule has 1 aliphatic heterocycles. The number of ether oxygens (including phenoxy) is 9. The molecule has 1 fully saturated rings. The Labute approximate surface area is 242 Å². The summed E-state index contributed by atoms with van der Waals surface area (Å²) < 4.78 is 49.4. The molecule has 238 valence electrons. The molecule has 1 rings (SSSR count). The highest BCUT2D eigenvalue weighted by atomic mass is 16.6. The first kappa shape index (κ1) is 37.1. The summed E-state index contributed by atoms with van der Waals surface area (Å²) in [4.78, 5) is 12.0. The van der Waals surface area contributed by atoms with Crippen molar-refractivity contribution in [2.24, 2.45) is 5.92 Å². The van der Waals surface area contributed by atoms with E-state index in [1.165, 1.54) is 0 Å². The van der Waals surface area contributed by atoms with E-state index in [1.807, 2.05) is 6.92 Å². The lowest BCUT2D eigenvalue weighted by atomic mass is 10.00. The zero-order chi connectivity index (χ0) is 28.8. The van der Waals surface area contributed by atoms with E-state index in [-0.39, 0.29) is 18.5 Å². The zero-order valence-corrected chi connectivity index (χ0v) is 25.2. The Bertz CT molecular complexity index is 537. The number of nitrogens with one attached hydrogen (secondary N) is 1. The highest BCUT2D eigenvalue weighted by Crippen LogP contribution is 2.14. The maximum Gasteiger partial charge on any atom is 0.308 e. The van der Waals surface area contributed by atoms with Crippen molar-refractivity contribution in [3.63, 3.8) is 0 Å². The van der Waals surface area contributed by atoms with Gasteiger partial charge in [0.15, 0.2) is 0 Å². The van der Waals surface area contributed by atoms with Gasteiger partial charge in [-0.05, 0) is 38.8 Å². The van der Waals surface area contributed by atoms with Crippen LogP contribution < -0.4 is 5.32 Å². The van der Waals surface area contributed by atoms with E-state index in [0.717, 1.165) is 51.6 Å². The number of hydrogen-bond acceptors (Lipinski definition) is 11. The predicted molar refractivity (Wildman–Crippen MR) is 152 cm³/mol. The molecule has 0 radical (unpaired) electrons. The maximum absolute atomic E-state index is 12.0. The fourth-order valence-electron chi connectivity index (χ4n) is 3.92. The lowest BCUT2D eigenvalue weighted by Crippen LogP contribution is -2.33. The lowest BCUT2D eigenvalue weighted by molar-refractivity contribution is -0.150. The molecule has 1 N–H and O–H groups in total. The van der Waals surface area contributed by atoms with Gasteiger partial charge in [0.1, 0.15) is 6.61 Å². The molecule has 1 unspecified atom stereocenters. The third-order valence-electron chi connectivity index (χ3n) is 6.30. The van der Waals surface area contributed by atoms with Crippen molar-refractivity contribution in [3.8, 4) is 0 Å². The van der Waals surface area contributed by atoms with Crippen molar-refractivity contribution < 1.29 is 47.4 Å². The van der Waals surface area contributed by atoms with Crippen LogP contribution in [0.3, 0.4) is 0 Å². The van der Waals surface area contributed by atoms with Crippen molar-refractivity contribution in [3.05, 3.63) is 0 Å². The molecule has 0 saturated carbocycles. The van der Waals surface area contributed by atoms with Gasteiger partial charge in [-0.1, -0.05) is 26.7 Å². The van der Waals surface area contributed by atoms with Crippen LogP contribution in [0.25, 0.3) is 0 Å². The van der Waals surface area contributed by atoms with Crippen LogP contribution in [0, 0.1) is 5.92 Å². The molecule has 0 bridgehead atoms. The van der Waals surface area contributed by atoms with Crippen LogP contribution in [0.1, 0.15) is 52.4 Å². The Kier molecular flexibility index (Phi) is 27.5.